The van der Waals surface area contributed by atoms with Crippen LogP contribution in [0.2, 0.25) is 0 Å². The van der Waals surface area contributed by atoms with Gasteiger partial charge in [0.1, 0.15) is 13.2 Å². The number of hydrogen-bond acceptors (Lipinski definition) is 6. The van der Waals surface area contributed by atoms with Crippen LogP contribution < -0.4 is 0 Å². The van der Waals surface area contributed by atoms with Gasteiger partial charge in [0.2, 0.25) is 0 Å². The van der Waals surface area contributed by atoms with Crippen LogP contribution in [0.1, 0.15) is 348 Å². The summed E-state index contributed by atoms with van der Waals surface area (Å²) in [6.07, 6.45) is 62.4. The highest BCUT2D eigenvalue weighted by molar-refractivity contribution is 5.71. The van der Waals surface area contributed by atoms with E-state index in [1.54, 1.807) is 0 Å². The first-order valence-electron chi connectivity index (χ1n) is 30.0. The monoisotopic (exact) mass is 933 g/mol. The summed E-state index contributed by atoms with van der Waals surface area (Å²) in [5.41, 5.74) is 0. The number of unbranched alkanes of at least 4 members (excludes halogenated alkanes) is 45. The lowest BCUT2D eigenvalue weighted by Crippen LogP contribution is -2.30. The van der Waals surface area contributed by atoms with Gasteiger partial charge in [-0.2, -0.15) is 0 Å². The molecule has 0 rings (SSSR count). The molecule has 0 unspecified atom stereocenters. The molecule has 0 saturated carbocycles. The second-order valence-corrected chi connectivity index (χ2v) is 20.6. The third-order valence-electron chi connectivity index (χ3n) is 13.9. The first-order chi connectivity index (χ1) is 32.5. The SMILES string of the molecule is CCCCCCCCCCCCCCCCCCCCC(=O)OC[C@@H](COC(=O)CCCCCCCCCCCCCC)OC(=O)CCCCCCCCCCCCCCCCCCCC. The zero-order chi connectivity index (χ0) is 47.9. The van der Waals surface area contributed by atoms with Crippen LogP contribution in [0, 0.1) is 0 Å². The molecule has 0 aliphatic rings. The van der Waals surface area contributed by atoms with Gasteiger partial charge in [-0.3, -0.25) is 14.4 Å². The van der Waals surface area contributed by atoms with E-state index in [4.69, 9.17) is 14.2 Å². The predicted octanol–water partition coefficient (Wildman–Crippen LogP) is 19.9. The van der Waals surface area contributed by atoms with Gasteiger partial charge in [0, 0.05) is 19.3 Å². The zero-order valence-electron chi connectivity index (χ0n) is 45.0. The van der Waals surface area contributed by atoms with Gasteiger partial charge in [-0.1, -0.05) is 310 Å². The number of carbonyl (C=O) groups excluding carboxylic acids is 3. The summed E-state index contributed by atoms with van der Waals surface area (Å²) in [6.45, 7) is 6.71. The number of ether oxygens (including phenoxy) is 3. The molecule has 0 aliphatic carbocycles. The van der Waals surface area contributed by atoms with Crippen LogP contribution >= 0.6 is 0 Å². The predicted molar refractivity (Wildman–Crippen MR) is 284 cm³/mol. The Morgan fingerprint density at radius 3 is 0.606 bits per heavy atom. The minimum Gasteiger partial charge on any atom is -0.462 e. The van der Waals surface area contributed by atoms with Crippen LogP contribution in [0.3, 0.4) is 0 Å². The Morgan fingerprint density at radius 1 is 0.242 bits per heavy atom. The van der Waals surface area contributed by atoms with E-state index in [2.05, 4.69) is 20.8 Å². The average Bonchev–Trinajstić information content (AvgIpc) is 3.31. The number of rotatable bonds is 56. The van der Waals surface area contributed by atoms with Crippen molar-refractivity contribution in [1.29, 1.82) is 0 Å². The molecule has 0 saturated heterocycles. The van der Waals surface area contributed by atoms with Crippen molar-refractivity contribution in [2.24, 2.45) is 0 Å². The maximum atomic E-state index is 12.9. The Labute approximate surface area is 412 Å². The lowest BCUT2D eigenvalue weighted by Gasteiger charge is -2.18. The van der Waals surface area contributed by atoms with E-state index in [1.807, 2.05) is 0 Å². The van der Waals surface area contributed by atoms with Gasteiger partial charge in [0.05, 0.1) is 0 Å². The fourth-order valence-corrected chi connectivity index (χ4v) is 9.33. The molecular formula is C60H116O6. The first kappa shape index (κ1) is 64.4. The van der Waals surface area contributed by atoms with Crippen molar-refractivity contribution in [3.8, 4) is 0 Å². The van der Waals surface area contributed by atoms with Crippen LogP contribution in [0.25, 0.3) is 0 Å². The minimum absolute atomic E-state index is 0.0609. The van der Waals surface area contributed by atoms with Gasteiger partial charge in [-0.15, -0.1) is 0 Å². The van der Waals surface area contributed by atoms with Crippen molar-refractivity contribution in [3.63, 3.8) is 0 Å². The fourth-order valence-electron chi connectivity index (χ4n) is 9.33. The normalized spacial score (nSPS) is 11.9. The van der Waals surface area contributed by atoms with E-state index in [-0.39, 0.29) is 31.1 Å². The standard InChI is InChI=1S/C60H116O6/c1-4-7-10-13-16-19-22-25-27-29-31-33-35-38-41-44-47-50-53-59(62)65-56-57(55-64-58(61)52-49-46-43-40-37-24-21-18-15-12-9-6-3)66-60(63)54-51-48-45-42-39-36-34-32-30-28-26-23-20-17-14-11-8-5-2/h57H,4-56H2,1-3H3/t57-/m1/s1. The Hall–Kier alpha value is -1.59. The van der Waals surface area contributed by atoms with Gasteiger partial charge < -0.3 is 14.2 Å². The maximum Gasteiger partial charge on any atom is 0.306 e. The van der Waals surface area contributed by atoms with Crippen molar-refractivity contribution < 1.29 is 28.6 Å². The van der Waals surface area contributed by atoms with E-state index < -0.39 is 6.10 Å². The van der Waals surface area contributed by atoms with Gasteiger partial charge in [0.15, 0.2) is 6.10 Å². The van der Waals surface area contributed by atoms with E-state index in [0.29, 0.717) is 19.3 Å². The van der Waals surface area contributed by atoms with Crippen molar-refractivity contribution >= 4 is 17.9 Å². The molecule has 0 fully saturated rings. The molecule has 0 aliphatic heterocycles. The Morgan fingerprint density at radius 2 is 0.409 bits per heavy atom. The minimum atomic E-state index is -0.761. The fraction of sp³-hybridized carbons (Fsp3) is 0.950. The highest BCUT2D eigenvalue weighted by atomic mass is 16.6. The van der Waals surface area contributed by atoms with E-state index in [1.165, 1.54) is 250 Å². The van der Waals surface area contributed by atoms with Crippen molar-refractivity contribution in [2.75, 3.05) is 13.2 Å². The molecule has 392 valence electrons. The maximum absolute atomic E-state index is 12.9. The summed E-state index contributed by atoms with van der Waals surface area (Å²) < 4.78 is 16.9. The summed E-state index contributed by atoms with van der Waals surface area (Å²) in [6, 6.07) is 0. The number of carbonyl (C=O) groups is 3. The molecule has 0 heterocycles. The highest BCUT2D eigenvalue weighted by Crippen LogP contribution is 2.18. The van der Waals surface area contributed by atoms with E-state index in [0.717, 1.165) is 57.8 Å². The Balaban J connectivity index is 4.26. The molecule has 0 amide bonds. The summed E-state index contributed by atoms with van der Waals surface area (Å²) >= 11 is 0. The molecule has 0 aromatic heterocycles. The first-order valence-corrected chi connectivity index (χ1v) is 30.0. The topological polar surface area (TPSA) is 78.9 Å². The summed E-state index contributed by atoms with van der Waals surface area (Å²) in [4.78, 5) is 38.2. The van der Waals surface area contributed by atoms with Crippen LogP contribution in [-0.2, 0) is 28.6 Å². The second-order valence-electron chi connectivity index (χ2n) is 20.6. The Bertz CT molecular complexity index is 982. The molecule has 0 bridgehead atoms. The van der Waals surface area contributed by atoms with E-state index in [9.17, 15) is 14.4 Å². The largest absolute Gasteiger partial charge is 0.462 e. The van der Waals surface area contributed by atoms with Gasteiger partial charge >= 0.3 is 17.9 Å². The third kappa shape index (κ3) is 53.4. The van der Waals surface area contributed by atoms with Gasteiger partial charge in [-0.25, -0.2) is 0 Å². The third-order valence-corrected chi connectivity index (χ3v) is 13.9. The molecule has 0 aromatic carbocycles. The van der Waals surface area contributed by atoms with Crippen LogP contribution in [0.15, 0.2) is 0 Å². The van der Waals surface area contributed by atoms with Crippen molar-refractivity contribution in [2.45, 2.75) is 354 Å². The average molecular weight is 934 g/mol. The lowest BCUT2D eigenvalue weighted by molar-refractivity contribution is -0.167. The number of esters is 3. The van der Waals surface area contributed by atoms with Crippen LogP contribution in [0.4, 0.5) is 0 Å². The molecule has 6 nitrogen and oxygen atoms in total. The second kappa shape index (κ2) is 56.0. The molecule has 1 atom stereocenters. The lowest BCUT2D eigenvalue weighted by atomic mass is 10.0. The molecule has 6 heteroatoms. The molecule has 66 heavy (non-hydrogen) atoms. The van der Waals surface area contributed by atoms with E-state index >= 15 is 0 Å². The van der Waals surface area contributed by atoms with Crippen LogP contribution in [0.5, 0.6) is 0 Å². The smallest absolute Gasteiger partial charge is 0.306 e. The van der Waals surface area contributed by atoms with Gasteiger partial charge in [0.25, 0.3) is 0 Å². The molecule has 0 spiro atoms. The molecule has 0 radical (unpaired) electrons. The summed E-state index contributed by atoms with van der Waals surface area (Å²) in [7, 11) is 0. The van der Waals surface area contributed by atoms with Crippen LogP contribution in [-0.4, -0.2) is 37.2 Å². The number of hydrogen-bond donors (Lipinski definition) is 0. The molecule has 0 N–H and O–H groups in total. The summed E-state index contributed by atoms with van der Waals surface area (Å²) in [5.74, 6) is -0.830. The zero-order valence-corrected chi connectivity index (χ0v) is 45.0. The van der Waals surface area contributed by atoms with Gasteiger partial charge in [-0.05, 0) is 19.3 Å². The quantitative estimate of drug-likeness (QED) is 0.0343. The highest BCUT2D eigenvalue weighted by Gasteiger charge is 2.19. The molecular weight excluding hydrogens is 817 g/mol. The summed E-state index contributed by atoms with van der Waals surface area (Å²) in [5, 5.41) is 0. The molecule has 0 aromatic rings. The van der Waals surface area contributed by atoms with Crippen molar-refractivity contribution in [3.05, 3.63) is 0 Å². The Kier molecular flexibility index (Phi) is 54.7. The van der Waals surface area contributed by atoms with Crippen molar-refractivity contribution in [1.82, 2.24) is 0 Å².